The Labute approximate surface area is 159 Å². The first-order valence-electron chi connectivity index (χ1n) is 8.58. The molecule has 3 aromatic rings. The molecular formula is C21H22N2O3S. The lowest BCUT2D eigenvalue weighted by atomic mass is 10.1. The molecule has 1 N–H and O–H groups in total. The van der Waals surface area contributed by atoms with Crippen molar-refractivity contribution in [3.05, 3.63) is 71.8 Å². The number of carbonyl (C=O) groups excluding carboxylic acids is 1. The predicted molar refractivity (Wildman–Crippen MR) is 111 cm³/mol. The van der Waals surface area contributed by atoms with Crippen molar-refractivity contribution in [3.63, 3.8) is 0 Å². The van der Waals surface area contributed by atoms with Crippen molar-refractivity contribution in [2.75, 3.05) is 22.4 Å². The van der Waals surface area contributed by atoms with Gasteiger partial charge in [-0.05, 0) is 48.6 Å². The molecule has 0 unspecified atom stereocenters. The van der Waals surface area contributed by atoms with Crippen LogP contribution in [0.25, 0.3) is 10.8 Å². The number of benzene rings is 3. The number of sulfonamides is 1. The number of rotatable bonds is 5. The van der Waals surface area contributed by atoms with Crippen LogP contribution in [0.15, 0.2) is 60.7 Å². The summed E-state index contributed by atoms with van der Waals surface area (Å²) >= 11 is 0. The molecule has 0 fully saturated rings. The number of amides is 1. The zero-order chi connectivity index (χ0) is 19.6. The summed E-state index contributed by atoms with van der Waals surface area (Å²) in [4.78, 5) is 12.6. The van der Waals surface area contributed by atoms with Crippen LogP contribution in [0.2, 0.25) is 0 Å². The molecule has 0 atom stereocenters. The highest BCUT2D eigenvalue weighted by Gasteiger charge is 2.22. The van der Waals surface area contributed by atoms with E-state index in [0.29, 0.717) is 11.4 Å². The highest BCUT2D eigenvalue weighted by Crippen LogP contribution is 2.28. The molecular weight excluding hydrogens is 360 g/mol. The molecule has 0 aromatic heterocycles. The van der Waals surface area contributed by atoms with Gasteiger partial charge in [0, 0.05) is 11.1 Å². The molecule has 3 aromatic carbocycles. The number of fused-ring (bicyclic) bond motifs is 1. The second-order valence-electron chi connectivity index (χ2n) is 6.69. The number of hydrogen-bond acceptors (Lipinski definition) is 3. The highest BCUT2D eigenvalue weighted by molar-refractivity contribution is 7.92. The minimum absolute atomic E-state index is 0.292. The summed E-state index contributed by atoms with van der Waals surface area (Å²) in [7, 11) is -3.64. The van der Waals surface area contributed by atoms with E-state index in [0.717, 1.165) is 32.5 Å². The van der Waals surface area contributed by atoms with Crippen molar-refractivity contribution in [1.29, 1.82) is 0 Å². The lowest BCUT2D eigenvalue weighted by Crippen LogP contribution is -2.37. The summed E-state index contributed by atoms with van der Waals surface area (Å²) in [6.07, 6.45) is 1.11. The molecule has 0 aliphatic carbocycles. The maximum absolute atomic E-state index is 12.6. The van der Waals surface area contributed by atoms with Gasteiger partial charge >= 0.3 is 0 Å². The Morgan fingerprint density at radius 2 is 1.59 bits per heavy atom. The van der Waals surface area contributed by atoms with E-state index >= 15 is 0 Å². The van der Waals surface area contributed by atoms with Gasteiger partial charge in [-0.3, -0.25) is 9.10 Å². The van der Waals surface area contributed by atoms with Crippen LogP contribution in [0.3, 0.4) is 0 Å². The molecule has 0 bridgehead atoms. The van der Waals surface area contributed by atoms with Crippen molar-refractivity contribution in [3.8, 4) is 0 Å². The van der Waals surface area contributed by atoms with Crippen LogP contribution in [0, 0.1) is 13.8 Å². The number of carbonyl (C=O) groups is 1. The summed E-state index contributed by atoms with van der Waals surface area (Å²) < 4.78 is 26.0. The first kappa shape index (κ1) is 18.9. The molecule has 0 spiro atoms. The molecule has 1 amide bonds. The second kappa shape index (κ2) is 7.40. The second-order valence-corrected chi connectivity index (χ2v) is 8.60. The van der Waals surface area contributed by atoms with Gasteiger partial charge < -0.3 is 5.32 Å². The molecule has 0 heterocycles. The van der Waals surface area contributed by atoms with E-state index in [-0.39, 0.29) is 6.54 Å². The maximum Gasteiger partial charge on any atom is 0.245 e. The fraction of sp³-hybridized carbons (Fsp3) is 0.190. The minimum atomic E-state index is -3.64. The zero-order valence-electron chi connectivity index (χ0n) is 15.6. The number of anilines is 2. The molecule has 140 valence electrons. The zero-order valence-corrected chi connectivity index (χ0v) is 16.4. The van der Waals surface area contributed by atoms with Gasteiger partial charge in [0.05, 0.1) is 11.9 Å². The third-order valence-corrected chi connectivity index (χ3v) is 5.35. The fourth-order valence-corrected chi connectivity index (χ4v) is 4.05. The monoisotopic (exact) mass is 382 g/mol. The number of hydrogen-bond donors (Lipinski definition) is 1. The van der Waals surface area contributed by atoms with E-state index < -0.39 is 15.9 Å². The quantitative estimate of drug-likeness (QED) is 0.729. The van der Waals surface area contributed by atoms with Crippen LogP contribution in [-0.2, 0) is 14.8 Å². The Balaban J connectivity index is 1.93. The van der Waals surface area contributed by atoms with Gasteiger partial charge in [0.15, 0.2) is 0 Å². The molecule has 5 nitrogen and oxygen atoms in total. The van der Waals surface area contributed by atoms with E-state index in [1.165, 1.54) is 0 Å². The third kappa shape index (κ3) is 4.46. The van der Waals surface area contributed by atoms with Crippen LogP contribution >= 0.6 is 0 Å². The van der Waals surface area contributed by atoms with Gasteiger partial charge in [-0.25, -0.2) is 8.42 Å². The average Bonchev–Trinajstić information content (AvgIpc) is 2.57. The van der Waals surface area contributed by atoms with Crippen LogP contribution in [0.4, 0.5) is 11.4 Å². The lowest BCUT2D eigenvalue weighted by molar-refractivity contribution is -0.114. The predicted octanol–water partition coefficient (Wildman–Crippen LogP) is 3.86. The molecule has 0 saturated carbocycles. The van der Waals surface area contributed by atoms with Gasteiger partial charge in [-0.1, -0.05) is 42.5 Å². The van der Waals surface area contributed by atoms with Gasteiger partial charge in [0.2, 0.25) is 15.9 Å². The van der Waals surface area contributed by atoms with Gasteiger partial charge in [0.25, 0.3) is 0 Å². The SMILES string of the molecule is Cc1cc(C)cc(NC(=O)CN(c2cccc3ccccc23)S(C)(=O)=O)c1. The molecule has 0 aliphatic heterocycles. The number of nitrogens with zero attached hydrogens (tertiary/aromatic N) is 1. The summed E-state index contributed by atoms with van der Waals surface area (Å²) in [5.74, 6) is -0.390. The third-order valence-electron chi connectivity index (χ3n) is 4.23. The standard InChI is InChI=1S/C21H22N2O3S/c1-15-11-16(2)13-18(12-15)22-21(24)14-23(27(3,25)26)20-10-6-8-17-7-4-5-9-19(17)20/h4-13H,14H2,1-3H3,(H,22,24). The Morgan fingerprint density at radius 1 is 0.963 bits per heavy atom. The van der Waals surface area contributed by atoms with Crippen molar-refractivity contribution < 1.29 is 13.2 Å². The smallest absolute Gasteiger partial charge is 0.245 e. The Kier molecular flexibility index (Phi) is 5.19. The van der Waals surface area contributed by atoms with Crippen molar-refractivity contribution in [2.45, 2.75) is 13.8 Å². The number of aryl methyl sites for hydroxylation is 2. The van der Waals surface area contributed by atoms with Crippen molar-refractivity contribution >= 4 is 38.1 Å². The molecule has 0 aliphatic rings. The molecule has 0 radical (unpaired) electrons. The topological polar surface area (TPSA) is 66.5 Å². The maximum atomic E-state index is 12.6. The van der Waals surface area contributed by atoms with E-state index in [2.05, 4.69) is 5.32 Å². The highest BCUT2D eigenvalue weighted by atomic mass is 32.2. The molecule has 3 rings (SSSR count). The average molecular weight is 382 g/mol. The fourth-order valence-electron chi connectivity index (χ4n) is 3.18. The van der Waals surface area contributed by atoms with Crippen LogP contribution < -0.4 is 9.62 Å². The summed E-state index contributed by atoms with van der Waals surface area (Å²) in [6, 6.07) is 18.6. The van der Waals surface area contributed by atoms with E-state index in [4.69, 9.17) is 0 Å². The van der Waals surface area contributed by atoms with Gasteiger partial charge in [-0.15, -0.1) is 0 Å². The van der Waals surface area contributed by atoms with Crippen LogP contribution in [0.1, 0.15) is 11.1 Å². The van der Waals surface area contributed by atoms with Crippen molar-refractivity contribution in [2.24, 2.45) is 0 Å². The van der Waals surface area contributed by atoms with Crippen LogP contribution in [0.5, 0.6) is 0 Å². The summed E-state index contributed by atoms with van der Waals surface area (Å²) in [5.41, 5.74) is 3.20. The first-order chi connectivity index (χ1) is 12.7. The van der Waals surface area contributed by atoms with Gasteiger partial charge in [-0.2, -0.15) is 0 Å². The number of nitrogens with one attached hydrogen (secondary N) is 1. The summed E-state index contributed by atoms with van der Waals surface area (Å²) in [5, 5.41) is 4.50. The Hall–Kier alpha value is -2.86. The Morgan fingerprint density at radius 3 is 2.26 bits per heavy atom. The molecule has 0 saturated heterocycles. The normalized spacial score (nSPS) is 11.4. The minimum Gasteiger partial charge on any atom is -0.324 e. The van der Waals surface area contributed by atoms with E-state index in [1.807, 2.05) is 62.4 Å². The largest absolute Gasteiger partial charge is 0.324 e. The van der Waals surface area contributed by atoms with E-state index in [9.17, 15) is 13.2 Å². The van der Waals surface area contributed by atoms with Crippen LogP contribution in [-0.4, -0.2) is 27.1 Å². The van der Waals surface area contributed by atoms with Crippen molar-refractivity contribution in [1.82, 2.24) is 0 Å². The van der Waals surface area contributed by atoms with Gasteiger partial charge in [0.1, 0.15) is 6.54 Å². The molecule has 6 heteroatoms. The lowest BCUT2D eigenvalue weighted by Gasteiger charge is -2.23. The Bertz CT molecular complexity index is 1080. The van der Waals surface area contributed by atoms with E-state index in [1.54, 1.807) is 12.1 Å². The summed E-state index contributed by atoms with van der Waals surface area (Å²) in [6.45, 7) is 3.60. The molecule has 27 heavy (non-hydrogen) atoms. The first-order valence-corrected chi connectivity index (χ1v) is 10.4.